The van der Waals surface area contributed by atoms with Gasteiger partial charge >= 0.3 is 0 Å². The zero-order valence-corrected chi connectivity index (χ0v) is 6.55. The molecule has 5 N–H and O–H groups in total. The Morgan fingerprint density at radius 1 is 1.73 bits per heavy atom. The van der Waals surface area contributed by atoms with Gasteiger partial charge in [-0.05, 0) is 6.92 Å². The molecule has 0 aliphatic carbocycles. The normalized spacial score (nSPS) is 13.0. The molecule has 0 spiro atoms. The molecule has 0 radical (unpaired) electrons. The number of nitrogens with zero attached hydrogens (tertiary/aromatic N) is 1. The SMILES string of the molecule is CNc1n[nH]c(C(C)O)c1N. The van der Waals surface area contributed by atoms with E-state index < -0.39 is 6.10 Å². The molecule has 0 saturated heterocycles. The molecule has 5 heteroatoms. The maximum atomic E-state index is 9.13. The van der Waals surface area contributed by atoms with Gasteiger partial charge in [0.2, 0.25) is 0 Å². The Morgan fingerprint density at radius 3 is 2.64 bits per heavy atom. The van der Waals surface area contributed by atoms with Crippen molar-refractivity contribution in [3.05, 3.63) is 5.69 Å². The van der Waals surface area contributed by atoms with Crippen molar-refractivity contribution in [2.24, 2.45) is 0 Å². The quantitative estimate of drug-likeness (QED) is 0.488. The fourth-order valence-electron chi connectivity index (χ4n) is 0.873. The van der Waals surface area contributed by atoms with Crippen LogP contribution in [0.2, 0.25) is 0 Å². The fraction of sp³-hybridized carbons (Fsp3) is 0.500. The number of H-pyrrole nitrogens is 1. The van der Waals surface area contributed by atoms with E-state index in [0.717, 1.165) is 0 Å². The number of aliphatic hydroxyl groups is 1. The zero-order valence-electron chi connectivity index (χ0n) is 6.55. The van der Waals surface area contributed by atoms with Crippen molar-refractivity contribution in [1.82, 2.24) is 10.2 Å². The zero-order chi connectivity index (χ0) is 8.43. The molecule has 1 aromatic heterocycles. The molecule has 1 rings (SSSR count). The molecule has 0 fully saturated rings. The molecule has 5 nitrogen and oxygen atoms in total. The van der Waals surface area contributed by atoms with Crippen molar-refractivity contribution in [2.45, 2.75) is 13.0 Å². The smallest absolute Gasteiger partial charge is 0.171 e. The van der Waals surface area contributed by atoms with Gasteiger partial charge in [0.15, 0.2) is 5.82 Å². The molecule has 0 aliphatic heterocycles. The standard InChI is InChI=1S/C6H12N4O/c1-3(11)5-4(7)6(8-2)10-9-5/h3,11H,7H2,1-2H3,(H2,8,9,10). The number of hydrogen-bond donors (Lipinski definition) is 4. The number of rotatable bonds is 2. The van der Waals surface area contributed by atoms with Crippen molar-refractivity contribution >= 4 is 11.5 Å². The van der Waals surface area contributed by atoms with Gasteiger partial charge < -0.3 is 16.2 Å². The van der Waals surface area contributed by atoms with Gasteiger partial charge in [-0.2, -0.15) is 5.10 Å². The van der Waals surface area contributed by atoms with Crippen molar-refractivity contribution in [1.29, 1.82) is 0 Å². The van der Waals surface area contributed by atoms with Crippen LogP contribution < -0.4 is 11.1 Å². The number of anilines is 2. The largest absolute Gasteiger partial charge is 0.394 e. The van der Waals surface area contributed by atoms with Crippen molar-refractivity contribution < 1.29 is 5.11 Å². The van der Waals surface area contributed by atoms with Crippen LogP contribution in [0.5, 0.6) is 0 Å². The van der Waals surface area contributed by atoms with E-state index in [0.29, 0.717) is 17.2 Å². The summed E-state index contributed by atoms with van der Waals surface area (Å²) in [6.07, 6.45) is -0.607. The first-order valence-electron chi connectivity index (χ1n) is 3.36. The highest BCUT2D eigenvalue weighted by Gasteiger charge is 2.11. The number of nitrogen functional groups attached to an aromatic ring is 1. The number of aromatic amines is 1. The lowest BCUT2D eigenvalue weighted by Gasteiger charge is -2.01. The van der Waals surface area contributed by atoms with Gasteiger partial charge in [0.05, 0.1) is 11.8 Å². The van der Waals surface area contributed by atoms with Gasteiger partial charge in [-0.1, -0.05) is 0 Å². The summed E-state index contributed by atoms with van der Waals surface area (Å²) in [4.78, 5) is 0. The highest BCUT2D eigenvalue weighted by molar-refractivity contribution is 5.64. The van der Waals surface area contributed by atoms with Gasteiger partial charge in [0, 0.05) is 7.05 Å². The van der Waals surface area contributed by atoms with E-state index in [2.05, 4.69) is 15.5 Å². The van der Waals surface area contributed by atoms with Gasteiger partial charge in [-0.25, -0.2) is 0 Å². The van der Waals surface area contributed by atoms with E-state index in [1.165, 1.54) is 0 Å². The minimum Gasteiger partial charge on any atom is -0.394 e. The van der Waals surface area contributed by atoms with Crippen LogP contribution in [0.4, 0.5) is 11.5 Å². The molecule has 0 bridgehead atoms. The molecule has 0 aliphatic rings. The maximum absolute atomic E-state index is 9.13. The lowest BCUT2D eigenvalue weighted by Crippen LogP contribution is -1.98. The van der Waals surface area contributed by atoms with Crippen LogP contribution in [0.15, 0.2) is 0 Å². The number of nitrogens with one attached hydrogen (secondary N) is 2. The Balaban J connectivity index is 3.00. The van der Waals surface area contributed by atoms with Gasteiger partial charge in [0.25, 0.3) is 0 Å². The predicted octanol–water partition coefficient (Wildman–Crippen LogP) is 0.0869. The summed E-state index contributed by atoms with van der Waals surface area (Å²) in [6, 6.07) is 0. The molecule has 62 valence electrons. The second-order valence-electron chi connectivity index (χ2n) is 2.33. The van der Waals surface area contributed by atoms with Crippen LogP contribution in [-0.4, -0.2) is 22.4 Å². The summed E-state index contributed by atoms with van der Waals surface area (Å²) in [5, 5.41) is 18.4. The summed E-state index contributed by atoms with van der Waals surface area (Å²) in [6.45, 7) is 1.63. The van der Waals surface area contributed by atoms with Gasteiger partial charge in [-0.3, -0.25) is 5.10 Å². The topological polar surface area (TPSA) is 87.0 Å². The Bertz CT molecular complexity index is 243. The van der Waals surface area contributed by atoms with Crippen LogP contribution in [0.1, 0.15) is 18.7 Å². The molecule has 0 amide bonds. The monoisotopic (exact) mass is 156 g/mol. The van der Waals surface area contributed by atoms with E-state index >= 15 is 0 Å². The van der Waals surface area contributed by atoms with Gasteiger partial charge in [0.1, 0.15) is 5.69 Å². The summed E-state index contributed by atoms with van der Waals surface area (Å²) >= 11 is 0. The highest BCUT2D eigenvalue weighted by atomic mass is 16.3. The lowest BCUT2D eigenvalue weighted by atomic mass is 10.2. The van der Waals surface area contributed by atoms with Crippen LogP contribution in [-0.2, 0) is 0 Å². The van der Waals surface area contributed by atoms with Crippen LogP contribution in [0.25, 0.3) is 0 Å². The Kier molecular flexibility index (Phi) is 2.00. The molecular formula is C6H12N4O. The minimum absolute atomic E-state index is 0.475. The molecular weight excluding hydrogens is 144 g/mol. The van der Waals surface area contributed by atoms with Gasteiger partial charge in [-0.15, -0.1) is 0 Å². The minimum atomic E-state index is -0.607. The number of aliphatic hydroxyl groups excluding tert-OH is 1. The maximum Gasteiger partial charge on any atom is 0.171 e. The fourth-order valence-corrected chi connectivity index (χ4v) is 0.873. The Labute approximate surface area is 64.6 Å². The van der Waals surface area contributed by atoms with Crippen molar-refractivity contribution in [2.75, 3.05) is 18.1 Å². The third kappa shape index (κ3) is 1.27. The van der Waals surface area contributed by atoms with Crippen LogP contribution >= 0.6 is 0 Å². The molecule has 11 heavy (non-hydrogen) atoms. The third-order valence-corrected chi connectivity index (χ3v) is 1.49. The predicted molar refractivity (Wildman–Crippen MR) is 43.2 cm³/mol. The molecule has 1 aromatic rings. The molecule has 1 atom stereocenters. The average molecular weight is 156 g/mol. The van der Waals surface area contributed by atoms with E-state index in [-0.39, 0.29) is 0 Å². The lowest BCUT2D eigenvalue weighted by molar-refractivity contribution is 0.195. The van der Waals surface area contributed by atoms with Crippen LogP contribution in [0, 0.1) is 0 Å². The van der Waals surface area contributed by atoms with Crippen molar-refractivity contribution in [3.8, 4) is 0 Å². The molecule has 0 aromatic carbocycles. The second kappa shape index (κ2) is 2.79. The Morgan fingerprint density at radius 2 is 2.36 bits per heavy atom. The first-order valence-corrected chi connectivity index (χ1v) is 3.36. The van der Waals surface area contributed by atoms with E-state index in [4.69, 9.17) is 10.8 Å². The first-order chi connectivity index (χ1) is 5.16. The third-order valence-electron chi connectivity index (χ3n) is 1.49. The molecule has 1 heterocycles. The Hall–Kier alpha value is -1.23. The van der Waals surface area contributed by atoms with E-state index in [1.807, 2.05) is 0 Å². The highest BCUT2D eigenvalue weighted by Crippen LogP contribution is 2.23. The summed E-state index contributed by atoms with van der Waals surface area (Å²) < 4.78 is 0. The second-order valence-corrected chi connectivity index (χ2v) is 2.33. The van der Waals surface area contributed by atoms with Crippen LogP contribution in [0.3, 0.4) is 0 Å². The number of hydrogen-bond acceptors (Lipinski definition) is 4. The summed E-state index contributed by atoms with van der Waals surface area (Å²) in [5.74, 6) is 0.570. The van der Waals surface area contributed by atoms with E-state index in [9.17, 15) is 0 Å². The van der Waals surface area contributed by atoms with E-state index in [1.54, 1.807) is 14.0 Å². The molecule has 1 unspecified atom stereocenters. The number of nitrogens with two attached hydrogens (primary N) is 1. The first kappa shape index (κ1) is 7.87. The summed E-state index contributed by atoms with van der Waals surface area (Å²) in [5.41, 5.74) is 6.62. The molecule has 0 saturated carbocycles. The van der Waals surface area contributed by atoms with Crippen molar-refractivity contribution in [3.63, 3.8) is 0 Å². The average Bonchev–Trinajstić information content (AvgIpc) is 2.30. The number of aromatic nitrogens is 2. The summed E-state index contributed by atoms with van der Waals surface area (Å²) in [7, 11) is 1.72.